The first kappa shape index (κ1) is 15.0. The second-order valence-electron chi connectivity index (χ2n) is 5.42. The summed E-state index contributed by atoms with van der Waals surface area (Å²) < 4.78 is 1.46. The zero-order chi connectivity index (χ0) is 13.5. The molecule has 1 aromatic carbocycles. The van der Waals surface area contributed by atoms with E-state index < -0.39 is 0 Å². The lowest BCUT2D eigenvalue weighted by atomic mass is 9.94. The van der Waals surface area contributed by atoms with Gasteiger partial charge in [0.05, 0.1) is 0 Å². The molecule has 1 saturated carbocycles. The van der Waals surface area contributed by atoms with Crippen molar-refractivity contribution in [2.45, 2.75) is 51.6 Å². The van der Waals surface area contributed by atoms with Gasteiger partial charge in [0, 0.05) is 22.7 Å². The zero-order valence-electron chi connectivity index (χ0n) is 11.8. The van der Waals surface area contributed by atoms with Crippen LogP contribution in [0.2, 0.25) is 0 Å². The molecule has 0 spiro atoms. The fourth-order valence-corrected chi connectivity index (χ4v) is 3.30. The predicted molar refractivity (Wildman–Crippen MR) is 91.5 cm³/mol. The first-order valence-electron chi connectivity index (χ1n) is 7.38. The third kappa shape index (κ3) is 4.92. The SMILES string of the molecule is C/C=C(/I)CN(Cc1ccccc1)C1CCCCC1. The number of benzene rings is 1. The summed E-state index contributed by atoms with van der Waals surface area (Å²) in [7, 11) is 0. The van der Waals surface area contributed by atoms with E-state index in [2.05, 4.69) is 70.8 Å². The van der Waals surface area contributed by atoms with Crippen LogP contribution in [0, 0.1) is 0 Å². The maximum absolute atomic E-state index is 2.68. The van der Waals surface area contributed by atoms with Crippen LogP contribution in [0.3, 0.4) is 0 Å². The van der Waals surface area contributed by atoms with E-state index in [-0.39, 0.29) is 0 Å². The van der Waals surface area contributed by atoms with Crippen LogP contribution in [0.15, 0.2) is 40.0 Å². The molecule has 0 saturated heterocycles. The van der Waals surface area contributed by atoms with Crippen LogP contribution in [0.1, 0.15) is 44.6 Å². The van der Waals surface area contributed by atoms with Gasteiger partial charge in [0.1, 0.15) is 0 Å². The number of nitrogens with zero attached hydrogens (tertiary/aromatic N) is 1. The zero-order valence-corrected chi connectivity index (χ0v) is 14.0. The second kappa shape index (κ2) is 8.05. The van der Waals surface area contributed by atoms with E-state index in [9.17, 15) is 0 Å². The molecule has 1 fully saturated rings. The summed E-state index contributed by atoms with van der Waals surface area (Å²) in [5.74, 6) is 0. The highest BCUT2D eigenvalue weighted by Gasteiger charge is 2.21. The van der Waals surface area contributed by atoms with Crippen LogP contribution >= 0.6 is 22.6 Å². The minimum absolute atomic E-state index is 0.777. The van der Waals surface area contributed by atoms with Crippen LogP contribution in [0.5, 0.6) is 0 Å². The Bertz CT molecular complexity index is 393. The molecule has 0 atom stereocenters. The number of hydrogen-bond acceptors (Lipinski definition) is 1. The summed E-state index contributed by atoms with van der Waals surface area (Å²) in [6.45, 7) is 4.34. The maximum Gasteiger partial charge on any atom is 0.0294 e. The smallest absolute Gasteiger partial charge is 0.0294 e. The van der Waals surface area contributed by atoms with Crippen molar-refractivity contribution in [2.24, 2.45) is 0 Å². The highest BCUT2D eigenvalue weighted by atomic mass is 127. The van der Waals surface area contributed by atoms with Gasteiger partial charge >= 0.3 is 0 Å². The summed E-state index contributed by atoms with van der Waals surface area (Å²) in [4.78, 5) is 2.68. The van der Waals surface area contributed by atoms with Gasteiger partial charge in [-0.25, -0.2) is 0 Å². The van der Waals surface area contributed by atoms with Crippen molar-refractivity contribution in [3.05, 3.63) is 45.6 Å². The standard InChI is InChI=1S/C17H24IN/c1-2-16(18)14-19(17-11-7-4-8-12-17)13-15-9-5-3-6-10-15/h2-3,5-6,9-10,17H,4,7-8,11-14H2,1H3/b16-2+. The van der Waals surface area contributed by atoms with Crippen LogP contribution in [-0.2, 0) is 6.54 Å². The quantitative estimate of drug-likeness (QED) is 0.648. The summed E-state index contributed by atoms with van der Waals surface area (Å²) >= 11 is 2.48. The number of allylic oxidation sites excluding steroid dienone is 1. The molecule has 0 amide bonds. The van der Waals surface area contributed by atoms with Gasteiger partial charge in [-0.2, -0.15) is 0 Å². The van der Waals surface area contributed by atoms with Gasteiger partial charge in [0.2, 0.25) is 0 Å². The molecule has 0 aliphatic heterocycles. The molecule has 0 aromatic heterocycles. The average Bonchev–Trinajstić information content (AvgIpc) is 2.48. The Kier molecular flexibility index (Phi) is 6.38. The molecule has 1 aliphatic rings. The molecule has 0 N–H and O–H groups in total. The Balaban J connectivity index is 2.04. The van der Waals surface area contributed by atoms with Crippen molar-refractivity contribution in [1.82, 2.24) is 4.90 Å². The molecule has 1 aromatic rings. The first-order chi connectivity index (χ1) is 9.29. The van der Waals surface area contributed by atoms with Crippen LogP contribution in [0.25, 0.3) is 0 Å². The fraction of sp³-hybridized carbons (Fsp3) is 0.529. The lowest BCUT2D eigenvalue weighted by molar-refractivity contribution is 0.164. The van der Waals surface area contributed by atoms with E-state index >= 15 is 0 Å². The summed E-state index contributed by atoms with van der Waals surface area (Å²) in [6, 6.07) is 11.7. The fourth-order valence-electron chi connectivity index (χ4n) is 2.86. The number of hydrogen-bond donors (Lipinski definition) is 0. The Morgan fingerprint density at radius 1 is 1.21 bits per heavy atom. The molecular formula is C17H24IN. The summed E-state index contributed by atoms with van der Waals surface area (Å²) in [5, 5.41) is 0. The Labute approximate surface area is 131 Å². The van der Waals surface area contributed by atoms with E-state index in [1.807, 2.05) is 0 Å². The van der Waals surface area contributed by atoms with Crippen molar-refractivity contribution in [3.63, 3.8) is 0 Å². The lowest BCUT2D eigenvalue weighted by Gasteiger charge is -2.34. The third-order valence-electron chi connectivity index (χ3n) is 3.99. The van der Waals surface area contributed by atoms with Crippen molar-refractivity contribution in [2.75, 3.05) is 6.54 Å². The molecule has 0 unspecified atom stereocenters. The van der Waals surface area contributed by atoms with Gasteiger partial charge < -0.3 is 0 Å². The first-order valence-corrected chi connectivity index (χ1v) is 8.46. The van der Waals surface area contributed by atoms with Crippen molar-refractivity contribution < 1.29 is 0 Å². The molecule has 1 aliphatic carbocycles. The van der Waals surface area contributed by atoms with E-state index in [0.717, 1.165) is 19.1 Å². The lowest BCUT2D eigenvalue weighted by Crippen LogP contribution is -2.37. The number of halogens is 1. The van der Waals surface area contributed by atoms with Gasteiger partial charge in [-0.1, -0.05) is 55.7 Å². The van der Waals surface area contributed by atoms with Gasteiger partial charge in [-0.15, -0.1) is 0 Å². The van der Waals surface area contributed by atoms with Crippen molar-refractivity contribution in [3.8, 4) is 0 Å². The van der Waals surface area contributed by atoms with E-state index in [1.165, 1.54) is 41.2 Å². The van der Waals surface area contributed by atoms with Gasteiger partial charge in [-0.05, 0) is 47.9 Å². The Morgan fingerprint density at radius 3 is 2.53 bits per heavy atom. The van der Waals surface area contributed by atoms with Crippen molar-refractivity contribution >= 4 is 22.6 Å². The van der Waals surface area contributed by atoms with E-state index in [4.69, 9.17) is 0 Å². The maximum atomic E-state index is 2.68. The van der Waals surface area contributed by atoms with Crippen LogP contribution in [-0.4, -0.2) is 17.5 Å². The largest absolute Gasteiger partial charge is 0.291 e. The second-order valence-corrected chi connectivity index (χ2v) is 6.80. The Hall–Kier alpha value is -0.350. The normalized spacial score (nSPS) is 17.9. The molecule has 19 heavy (non-hydrogen) atoms. The van der Waals surface area contributed by atoms with E-state index in [0.29, 0.717) is 0 Å². The molecule has 2 heteroatoms. The topological polar surface area (TPSA) is 3.24 Å². The number of rotatable bonds is 5. The van der Waals surface area contributed by atoms with Crippen LogP contribution in [0.4, 0.5) is 0 Å². The highest BCUT2D eigenvalue weighted by molar-refractivity contribution is 14.1. The average molecular weight is 369 g/mol. The monoisotopic (exact) mass is 369 g/mol. The summed E-state index contributed by atoms with van der Waals surface area (Å²) in [5.41, 5.74) is 1.44. The van der Waals surface area contributed by atoms with Gasteiger partial charge in [0.15, 0.2) is 0 Å². The minimum Gasteiger partial charge on any atom is -0.291 e. The van der Waals surface area contributed by atoms with Gasteiger partial charge in [-0.3, -0.25) is 4.90 Å². The molecule has 0 radical (unpaired) electrons. The minimum atomic E-state index is 0.777. The molecular weight excluding hydrogens is 345 g/mol. The molecule has 0 bridgehead atoms. The third-order valence-corrected chi connectivity index (χ3v) is 4.95. The van der Waals surface area contributed by atoms with E-state index in [1.54, 1.807) is 0 Å². The predicted octanol–water partition coefficient (Wildman–Crippen LogP) is 5.16. The molecule has 1 nitrogen and oxygen atoms in total. The highest BCUT2D eigenvalue weighted by Crippen LogP contribution is 2.25. The molecule has 2 rings (SSSR count). The Morgan fingerprint density at radius 2 is 1.89 bits per heavy atom. The van der Waals surface area contributed by atoms with Crippen LogP contribution < -0.4 is 0 Å². The van der Waals surface area contributed by atoms with Crippen molar-refractivity contribution in [1.29, 1.82) is 0 Å². The summed E-state index contributed by atoms with van der Waals surface area (Å²) in [6.07, 6.45) is 9.23. The van der Waals surface area contributed by atoms with Gasteiger partial charge in [0.25, 0.3) is 0 Å². The molecule has 0 heterocycles. The molecule has 104 valence electrons.